The van der Waals surface area contributed by atoms with Gasteiger partial charge in [-0.15, -0.1) is 0 Å². The third kappa shape index (κ3) is 1.80. The average Bonchev–Trinajstić information content (AvgIpc) is 2.63. The number of ether oxygens (including phenoxy) is 2. The van der Waals surface area contributed by atoms with E-state index in [1.54, 1.807) is 12.1 Å². The average molecular weight is 208 g/mol. The summed E-state index contributed by atoms with van der Waals surface area (Å²) in [6.07, 6.45) is -0.105. The fourth-order valence-corrected chi connectivity index (χ4v) is 1.73. The second kappa shape index (κ2) is 3.90. The first-order valence-electron chi connectivity index (χ1n) is 4.71. The van der Waals surface area contributed by atoms with Gasteiger partial charge >= 0.3 is 5.97 Å². The van der Waals surface area contributed by atoms with Crippen molar-refractivity contribution in [1.82, 2.24) is 0 Å². The zero-order valence-corrected chi connectivity index (χ0v) is 8.40. The lowest BCUT2D eigenvalue weighted by Crippen LogP contribution is -2.07. The Balaban J connectivity index is 2.21. The second-order valence-electron chi connectivity index (χ2n) is 3.42. The Morgan fingerprint density at radius 2 is 2.47 bits per heavy atom. The van der Waals surface area contributed by atoms with Gasteiger partial charge in [-0.05, 0) is 11.6 Å². The molecule has 0 aromatic heterocycles. The summed E-state index contributed by atoms with van der Waals surface area (Å²) in [6, 6.07) is 5.21. The number of carbonyl (C=O) groups excluding carboxylic acids is 1. The fraction of sp³-hybridized carbons (Fsp3) is 0.364. The van der Waals surface area contributed by atoms with E-state index >= 15 is 0 Å². The minimum atomic E-state index is -0.309. The van der Waals surface area contributed by atoms with Crippen LogP contribution in [-0.2, 0) is 20.9 Å². The van der Waals surface area contributed by atoms with E-state index in [0.29, 0.717) is 6.61 Å². The van der Waals surface area contributed by atoms with Gasteiger partial charge in [0, 0.05) is 5.56 Å². The van der Waals surface area contributed by atoms with Gasteiger partial charge < -0.3 is 14.6 Å². The van der Waals surface area contributed by atoms with Crippen molar-refractivity contribution in [3.8, 4) is 5.75 Å². The molecule has 1 atom stereocenters. The van der Waals surface area contributed by atoms with Crippen molar-refractivity contribution in [3.63, 3.8) is 0 Å². The van der Waals surface area contributed by atoms with E-state index in [1.165, 1.54) is 7.11 Å². The van der Waals surface area contributed by atoms with Crippen LogP contribution >= 0.6 is 0 Å². The molecule has 80 valence electrons. The molecule has 0 saturated heterocycles. The lowest BCUT2D eigenvalue weighted by Gasteiger charge is -2.09. The summed E-state index contributed by atoms with van der Waals surface area (Å²) in [4.78, 5) is 11.1. The molecule has 0 bridgehead atoms. The molecule has 0 aliphatic carbocycles. The van der Waals surface area contributed by atoms with Gasteiger partial charge in [0.1, 0.15) is 5.75 Å². The maximum atomic E-state index is 11.1. The van der Waals surface area contributed by atoms with Crippen LogP contribution in [0.25, 0.3) is 0 Å². The third-order valence-corrected chi connectivity index (χ3v) is 2.54. The number of fused-ring (bicyclic) bond motifs is 1. The van der Waals surface area contributed by atoms with Gasteiger partial charge in [-0.1, -0.05) is 12.1 Å². The molecule has 2 rings (SSSR count). The molecule has 1 heterocycles. The highest BCUT2D eigenvalue weighted by molar-refractivity contribution is 5.70. The predicted molar refractivity (Wildman–Crippen MR) is 52.3 cm³/mol. The van der Waals surface area contributed by atoms with Crippen LogP contribution in [0.15, 0.2) is 18.2 Å². The highest BCUT2D eigenvalue weighted by Gasteiger charge is 2.27. The number of benzene rings is 1. The highest BCUT2D eigenvalue weighted by atomic mass is 16.5. The predicted octanol–water partition coefficient (Wildman–Crippen LogP) is 1.53. The number of hydrogen-bond donors (Lipinski definition) is 1. The maximum Gasteiger partial charge on any atom is 0.308 e. The molecule has 1 unspecified atom stereocenters. The Kier molecular flexibility index (Phi) is 2.60. The first-order chi connectivity index (χ1) is 7.22. The van der Waals surface area contributed by atoms with Crippen LogP contribution < -0.4 is 0 Å². The largest absolute Gasteiger partial charge is 0.508 e. The van der Waals surface area contributed by atoms with Gasteiger partial charge in [0.2, 0.25) is 0 Å². The Morgan fingerprint density at radius 3 is 3.20 bits per heavy atom. The molecular formula is C11H12O4. The fourth-order valence-electron chi connectivity index (χ4n) is 1.73. The molecule has 1 aromatic carbocycles. The number of rotatable bonds is 2. The standard InChI is InChI=1S/C11H12O4/c1-14-11(13)5-10-7-3-2-4-9(12)8(7)6-15-10/h2-4,10,12H,5-6H2,1H3. The molecule has 4 heteroatoms. The van der Waals surface area contributed by atoms with Crippen LogP contribution in [0.4, 0.5) is 0 Å². The summed E-state index contributed by atoms with van der Waals surface area (Å²) in [5, 5.41) is 9.54. The summed E-state index contributed by atoms with van der Waals surface area (Å²) < 4.78 is 9.99. The van der Waals surface area contributed by atoms with Crippen molar-refractivity contribution >= 4 is 5.97 Å². The minimum absolute atomic E-state index is 0.187. The van der Waals surface area contributed by atoms with Gasteiger partial charge in [-0.25, -0.2) is 0 Å². The van der Waals surface area contributed by atoms with Gasteiger partial charge in [-0.2, -0.15) is 0 Å². The number of carbonyl (C=O) groups is 1. The van der Waals surface area contributed by atoms with Crippen molar-refractivity contribution in [1.29, 1.82) is 0 Å². The smallest absolute Gasteiger partial charge is 0.308 e. The summed E-state index contributed by atoms with van der Waals surface area (Å²) in [7, 11) is 1.35. The van der Waals surface area contributed by atoms with E-state index in [-0.39, 0.29) is 24.2 Å². The summed E-state index contributed by atoms with van der Waals surface area (Å²) in [5.41, 5.74) is 1.65. The highest BCUT2D eigenvalue weighted by Crippen LogP contribution is 2.37. The van der Waals surface area contributed by atoms with E-state index in [4.69, 9.17) is 4.74 Å². The zero-order valence-electron chi connectivity index (χ0n) is 8.40. The monoisotopic (exact) mass is 208 g/mol. The van der Waals surface area contributed by atoms with Crippen molar-refractivity contribution in [2.24, 2.45) is 0 Å². The minimum Gasteiger partial charge on any atom is -0.508 e. The number of methoxy groups -OCH3 is 1. The Hall–Kier alpha value is -1.55. The van der Waals surface area contributed by atoms with Gasteiger partial charge in [-0.3, -0.25) is 4.79 Å². The molecule has 4 nitrogen and oxygen atoms in total. The summed E-state index contributed by atoms with van der Waals surface area (Å²) in [5.74, 6) is -0.0870. The van der Waals surface area contributed by atoms with Crippen LogP contribution in [0, 0.1) is 0 Å². The van der Waals surface area contributed by atoms with Gasteiger partial charge in [0.25, 0.3) is 0 Å². The number of phenolic OH excluding ortho intramolecular Hbond substituents is 1. The normalized spacial score (nSPS) is 18.6. The molecule has 0 saturated carbocycles. The van der Waals surface area contributed by atoms with E-state index in [9.17, 15) is 9.90 Å². The maximum absolute atomic E-state index is 11.1. The molecule has 1 aromatic rings. The molecule has 1 aliphatic heterocycles. The molecule has 0 radical (unpaired) electrons. The zero-order chi connectivity index (χ0) is 10.8. The molecule has 0 fully saturated rings. The topological polar surface area (TPSA) is 55.8 Å². The molecule has 1 aliphatic rings. The SMILES string of the molecule is COC(=O)CC1OCc2c(O)cccc21. The summed E-state index contributed by atoms with van der Waals surface area (Å²) in [6.45, 7) is 0.351. The Bertz CT molecular complexity index is 386. The van der Waals surface area contributed by atoms with Crippen LogP contribution in [0.2, 0.25) is 0 Å². The van der Waals surface area contributed by atoms with Crippen LogP contribution in [0.3, 0.4) is 0 Å². The van der Waals surface area contributed by atoms with Crippen molar-refractivity contribution in [3.05, 3.63) is 29.3 Å². The molecule has 0 spiro atoms. The van der Waals surface area contributed by atoms with Gasteiger partial charge in [0.15, 0.2) is 0 Å². The molecular weight excluding hydrogens is 196 g/mol. The number of aromatic hydroxyl groups is 1. The summed E-state index contributed by atoms with van der Waals surface area (Å²) >= 11 is 0. The first kappa shape index (κ1) is 9.98. The van der Waals surface area contributed by atoms with Crippen molar-refractivity contribution in [2.45, 2.75) is 19.1 Å². The van der Waals surface area contributed by atoms with Gasteiger partial charge in [0.05, 0.1) is 26.2 Å². The molecule has 0 amide bonds. The van der Waals surface area contributed by atoms with E-state index < -0.39 is 0 Å². The van der Waals surface area contributed by atoms with Crippen LogP contribution in [0.1, 0.15) is 23.7 Å². The number of esters is 1. The first-order valence-corrected chi connectivity index (χ1v) is 4.71. The quantitative estimate of drug-likeness (QED) is 0.749. The van der Waals surface area contributed by atoms with Crippen molar-refractivity contribution < 1.29 is 19.4 Å². The molecule has 1 N–H and O–H groups in total. The van der Waals surface area contributed by atoms with E-state index in [1.807, 2.05) is 6.07 Å². The van der Waals surface area contributed by atoms with Crippen LogP contribution in [0.5, 0.6) is 5.75 Å². The van der Waals surface area contributed by atoms with Crippen LogP contribution in [-0.4, -0.2) is 18.2 Å². The third-order valence-electron chi connectivity index (χ3n) is 2.54. The van der Waals surface area contributed by atoms with Crippen molar-refractivity contribution in [2.75, 3.05) is 7.11 Å². The second-order valence-corrected chi connectivity index (χ2v) is 3.42. The Morgan fingerprint density at radius 1 is 1.67 bits per heavy atom. The van der Waals surface area contributed by atoms with E-state index in [2.05, 4.69) is 4.74 Å². The number of hydrogen-bond acceptors (Lipinski definition) is 4. The molecule has 15 heavy (non-hydrogen) atoms. The lowest BCUT2D eigenvalue weighted by atomic mass is 10.0. The van der Waals surface area contributed by atoms with E-state index in [0.717, 1.165) is 11.1 Å². The number of phenols is 1. The Labute approximate surface area is 87.4 Å². The lowest BCUT2D eigenvalue weighted by molar-refractivity contribution is -0.143.